The maximum Gasteiger partial charge on any atom is 0.216 e. The van der Waals surface area contributed by atoms with Crippen LogP contribution in [0.2, 0.25) is 0 Å². The van der Waals surface area contributed by atoms with Gasteiger partial charge >= 0.3 is 0 Å². The molecule has 1 aromatic carbocycles. The molecule has 0 radical (unpaired) electrons. The highest BCUT2D eigenvalue weighted by Gasteiger charge is 2.14. The van der Waals surface area contributed by atoms with Crippen LogP contribution in [-0.2, 0) is 0 Å². The van der Waals surface area contributed by atoms with Crippen molar-refractivity contribution in [3.63, 3.8) is 0 Å². The Morgan fingerprint density at radius 1 is 1.45 bits per heavy atom. The molecule has 0 aliphatic carbocycles. The third-order valence-corrected chi connectivity index (χ3v) is 3.82. The van der Waals surface area contributed by atoms with Crippen LogP contribution in [0.15, 0.2) is 23.3 Å². The molecule has 0 saturated carbocycles. The Morgan fingerprint density at radius 3 is 2.82 bits per heavy atom. The topological polar surface area (TPSA) is 75.4 Å². The molecule has 0 saturated heterocycles. The standard InChI is InChI=1S/C15H20N4O2S/c1-4-11(5-2)14-17-18-15(22)19(14)16-9-10-6-7-12(20)13(8-10)21-3/h6-9,11,20H,4-5H2,1-3H3,(H,18,22)/b16-9-. The zero-order valence-corrected chi connectivity index (χ0v) is 13.7. The van der Waals surface area contributed by atoms with Crippen molar-refractivity contribution in [1.82, 2.24) is 14.9 Å². The summed E-state index contributed by atoms with van der Waals surface area (Å²) in [5.74, 6) is 1.63. The van der Waals surface area contributed by atoms with Crippen LogP contribution in [0, 0.1) is 4.77 Å². The molecule has 2 rings (SSSR count). The second-order valence-corrected chi connectivity index (χ2v) is 5.27. The second-order valence-electron chi connectivity index (χ2n) is 4.89. The Hall–Kier alpha value is -2.15. The molecule has 7 heteroatoms. The number of H-pyrrole nitrogens is 1. The number of phenolic OH excluding ortho intramolecular Hbond substituents is 1. The minimum Gasteiger partial charge on any atom is -0.504 e. The summed E-state index contributed by atoms with van der Waals surface area (Å²) >= 11 is 5.24. The van der Waals surface area contributed by atoms with Crippen molar-refractivity contribution < 1.29 is 9.84 Å². The Balaban J connectivity index is 2.34. The largest absolute Gasteiger partial charge is 0.504 e. The van der Waals surface area contributed by atoms with E-state index in [0.29, 0.717) is 16.4 Å². The fraction of sp³-hybridized carbons (Fsp3) is 0.400. The molecular weight excluding hydrogens is 300 g/mol. The average molecular weight is 320 g/mol. The maximum absolute atomic E-state index is 9.61. The van der Waals surface area contributed by atoms with E-state index in [1.807, 2.05) is 0 Å². The van der Waals surface area contributed by atoms with Crippen molar-refractivity contribution in [2.24, 2.45) is 5.10 Å². The Labute approximate surface area is 134 Å². The lowest BCUT2D eigenvalue weighted by Gasteiger charge is -2.10. The number of methoxy groups -OCH3 is 1. The van der Waals surface area contributed by atoms with Gasteiger partial charge in [-0.25, -0.2) is 0 Å². The van der Waals surface area contributed by atoms with Crippen LogP contribution >= 0.6 is 12.2 Å². The highest BCUT2D eigenvalue weighted by Crippen LogP contribution is 2.25. The monoisotopic (exact) mass is 320 g/mol. The molecule has 0 unspecified atom stereocenters. The van der Waals surface area contributed by atoms with Crippen molar-refractivity contribution in [2.75, 3.05) is 7.11 Å². The van der Waals surface area contributed by atoms with E-state index >= 15 is 0 Å². The smallest absolute Gasteiger partial charge is 0.216 e. The molecule has 1 aromatic heterocycles. The molecule has 0 spiro atoms. The summed E-state index contributed by atoms with van der Waals surface area (Å²) in [4.78, 5) is 0. The molecular formula is C15H20N4O2S. The minimum absolute atomic E-state index is 0.0947. The SMILES string of the molecule is CCC(CC)c1n[nH]c(=S)n1/N=C\c1ccc(O)c(OC)c1. The number of hydrogen-bond acceptors (Lipinski definition) is 5. The van der Waals surface area contributed by atoms with Gasteiger partial charge in [0.05, 0.1) is 13.3 Å². The maximum atomic E-state index is 9.61. The van der Waals surface area contributed by atoms with Crippen molar-refractivity contribution >= 4 is 18.4 Å². The lowest BCUT2D eigenvalue weighted by Crippen LogP contribution is -2.05. The summed E-state index contributed by atoms with van der Waals surface area (Å²) in [5, 5.41) is 21.1. The van der Waals surface area contributed by atoms with Gasteiger partial charge in [-0.05, 0) is 48.8 Å². The van der Waals surface area contributed by atoms with Gasteiger partial charge in [0.15, 0.2) is 17.3 Å². The van der Waals surface area contributed by atoms with E-state index in [1.54, 1.807) is 29.1 Å². The van der Waals surface area contributed by atoms with Gasteiger partial charge in [-0.3, -0.25) is 5.10 Å². The molecule has 0 atom stereocenters. The summed E-state index contributed by atoms with van der Waals surface area (Å²) in [6.07, 6.45) is 3.61. The quantitative estimate of drug-likeness (QED) is 0.631. The molecule has 0 amide bonds. The van der Waals surface area contributed by atoms with E-state index in [9.17, 15) is 5.11 Å². The number of nitrogens with one attached hydrogen (secondary N) is 1. The van der Waals surface area contributed by atoms with Gasteiger partial charge in [-0.15, -0.1) is 0 Å². The van der Waals surface area contributed by atoms with Crippen molar-refractivity contribution in [3.8, 4) is 11.5 Å². The van der Waals surface area contributed by atoms with Gasteiger partial charge in [0, 0.05) is 5.92 Å². The molecule has 2 aromatic rings. The number of ether oxygens (including phenoxy) is 1. The lowest BCUT2D eigenvalue weighted by atomic mass is 10.0. The highest BCUT2D eigenvalue weighted by molar-refractivity contribution is 7.71. The van der Waals surface area contributed by atoms with Crippen LogP contribution in [0.4, 0.5) is 0 Å². The number of benzene rings is 1. The summed E-state index contributed by atoms with van der Waals surface area (Å²) in [5.41, 5.74) is 0.799. The number of nitrogens with zero attached hydrogens (tertiary/aromatic N) is 3. The Bertz CT molecular complexity index is 717. The van der Waals surface area contributed by atoms with Gasteiger partial charge in [-0.2, -0.15) is 14.9 Å². The van der Waals surface area contributed by atoms with Crippen LogP contribution in [0.1, 0.15) is 44.0 Å². The fourth-order valence-corrected chi connectivity index (χ4v) is 2.42. The molecule has 118 valence electrons. The molecule has 0 aliphatic rings. The first kappa shape index (κ1) is 16.2. The van der Waals surface area contributed by atoms with Crippen LogP contribution in [0.3, 0.4) is 0 Å². The van der Waals surface area contributed by atoms with Gasteiger partial charge in [0.2, 0.25) is 4.77 Å². The number of hydrogen-bond donors (Lipinski definition) is 2. The second kappa shape index (κ2) is 7.22. The van der Waals surface area contributed by atoms with Crippen LogP contribution < -0.4 is 4.74 Å². The van der Waals surface area contributed by atoms with Gasteiger partial charge in [0.1, 0.15) is 0 Å². The number of rotatable bonds is 6. The molecule has 2 N–H and O–H groups in total. The number of phenols is 1. The van der Waals surface area contributed by atoms with E-state index in [0.717, 1.165) is 24.2 Å². The molecule has 0 bridgehead atoms. The van der Waals surface area contributed by atoms with Crippen LogP contribution in [0.5, 0.6) is 11.5 Å². The van der Waals surface area contributed by atoms with Crippen molar-refractivity contribution in [1.29, 1.82) is 0 Å². The normalized spacial score (nSPS) is 11.5. The van der Waals surface area contributed by atoms with Gasteiger partial charge in [-0.1, -0.05) is 13.8 Å². The predicted molar refractivity (Wildman–Crippen MR) is 88.4 cm³/mol. The Morgan fingerprint density at radius 2 is 2.18 bits per heavy atom. The van der Waals surface area contributed by atoms with Crippen molar-refractivity contribution in [3.05, 3.63) is 34.4 Å². The Kier molecular flexibility index (Phi) is 5.32. The first-order valence-electron chi connectivity index (χ1n) is 7.19. The minimum atomic E-state index is 0.0947. The first-order valence-corrected chi connectivity index (χ1v) is 7.60. The molecule has 1 heterocycles. The summed E-state index contributed by atoms with van der Waals surface area (Å²) in [6, 6.07) is 5.03. The lowest BCUT2D eigenvalue weighted by molar-refractivity contribution is 0.373. The van der Waals surface area contributed by atoms with Crippen LogP contribution in [-0.4, -0.2) is 33.3 Å². The van der Waals surface area contributed by atoms with Crippen molar-refractivity contribution in [2.45, 2.75) is 32.6 Å². The number of aromatic hydroxyl groups is 1. The summed E-state index contributed by atoms with van der Waals surface area (Å²) in [6.45, 7) is 4.23. The summed E-state index contributed by atoms with van der Waals surface area (Å²) in [7, 11) is 1.51. The number of aromatic amines is 1. The van der Waals surface area contributed by atoms with E-state index < -0.39 is 0 Å². The molecule has 0 aliphatic heterocycles. The zero-order chi connectivity index (χ0) is 16.1. The highest BCUT2D eigenvalue weighted by atomic mass is 32.1. The number of aromatic nitrogens is 3. The van der Waals surface area contributed by atoms with Crippen LogP contribution in [0.25, 0.3) is 0 Å². The van der Waals surface area contributed by atoms with E-state index in [2.05, 4.69) is 29.1 Å². The van der Waals surface area contributed by atoms with Gasteiger partial charge in [0.25, 0.3) is 0 Å². The summed E-state index contributed by atoms with van der Waals surface area (Å²) < 4.78 is 7.19. The van der Waals surface area contributed by atoms with Gasteiger partial charge < -0.3 is 9.84 Å². The average Bonchev–Trinajstić information content (AvgIpc) is 2.89. The van der Waals surface area contributed by atoms with E-state index in [1.165, 1.54) is 7.11 Å². The van der Waals surface area contributed by atoms with E-state index in [4.69, 9.17) is 17.0 Å². The first-order chi connectivity index (χ1) is 10.6. The zero-order valence-electron chi connectivity index (χ0n) is 12.9. The predicted octanol–water partition coefficient (Wildman–Crippen LogP) is 3.44. The molecule has 0 fully saturated rings. The fourth-order valence-electron chi connectivity index (χ4n) is 2.23. The third kappa shape index (κ3) is 3.36. The third-order valence-electron chi connectivity index (χ3n) is 3.55. The molecule has 6 nitrogen and oxygen atoms in total. The molecule has 22 heavy (non-hydrogen) atoms. The van der Waals surface area contributed by atoms with E-state index in [-0.39, 0.29) is 5.75 Å².